The molecule has 2 saturated heterocycles. The molecular formula is C34H55N5O6. The fourth-order valence-electron chi connectivity index (χ4n) is 4.58. The number of ketones is 1. The van der Waals surface area contributed by atoms with Crippen LogP contribution in [0.4, 0.5) is 0 Å². The lowest BCUT2D eigenvalue weighted by Crippen LogP contribution is -2.56. The molecule has 0 bridgehead atoms. The maximum atomic E-state index is 12.1. The number of aryl methyl sites for hydroxylation is 1. The maximum Gasteiger partial charge on any atom is 0.243 e. The van der Waals surface area contributed by atoms with Gasteiger partial charge in [-0.25, -0.2) is 0 Å². The standard InChI is InChI=1S/C12H18N4O4.C10H11NO.C8H16O.C4H10/c17-9-5-13-10(18)6-15-12(20)8-3-1-2-4-16(8)11(19)7-14-9;1-8-7-11(12-2)10-6-4-3-5-9(8)10;1-3-5-6-7-8(9)4-2;1-3-4-2/h8H,1-7H2,(H,13,18)(H,14,17)(H,15,20);3-7H,1-2H3;3-7H2,1-2H3;3-4H2,1-2H3/t8-;;;/m1.../s1. The smallest absolute Gasteiger partial charge is 0.243 e. The first-order valence-electron chi connectivity index (χ1n) is 16.4. The molecule has 252 valence electrons. The molecule has 0 spiro atoms. The van der Waals surface area contributed by atoms with Crippen LogP contribution in [0, 0.1) is 6.92 Å². The molecule has 2 aliphatic heterocycles. The molecule has 1 aromatic carbocycles. The van der Waals surface area contributed by atoms with Crippen molar-refractivity contribution in [2.24, 2.45) is 0 Å². The Morgan fingerprint density at radius 2 is 1.51 bits per heavy atom. The van der Waals surface area contributed by atoms with Crippen LogP contribution in [0.25, 0.3) is 10.9 Å². The van der Waals surface area contributed by atoms with Crippen molar-refractivity contribution in [1.29, 1.82) is 0 Å². The first-order chi connectivity index (χ1) is 21.6. The molecule has 0 unspecified atom stereocenters. The van der Waals surface area contributed by atoms with Gasteiger partial charge in [-0.1, -0.05) is 71.6 Å². The molecule has 2 aliphatic rings. The van der Waals surface area contributed by atoms with E-state index in [9.17, 15) is 24.0 Å². The van der Waals surface area contributed by atoms with Crippen molar-refractivity contribution in [2.45, 2.75) is 105 Å². The molecule has 0 aliphatic carbocycles. The van der Waals surface area contributed by atoms with Crippen molar-refractivity contribution < 1.29 is 28.8 Å². The highest BCUT2D eigenvalue weighted by atomic mass is 16.6. The van der Waals surface area contributed by atoms with Gasteiger partial charge in [-0.15, -0.1) is 0 Å². The quantitative estimate of drug-likeness (QED) is 0.395. The monoisotopic (exact) mass is 629 g/mol. The van der Waals surface area contributed by atoms with Crippen LogP contribution in [0.3, 0.4) is 0 Å². The molecule has 11 nitrogen and oxygen atoms in total. The number of para-hydroxylation sites is 1. The predicted octanol–water partition coefficient (Wildman–Crippen LogP) is 4.09. The van der Waals surface area contributed by atoms with Crippen LogP contribution in [0.1, 0.15) is 97.5 Å². The fraction of sp³-hybridized carbons (Fsp3) is 0.618. The van der Waals surface area contributed by atoms with Crippen LogP contribution < -0.4 is 20.8 Å². The number of hydrogen-bond donors (Lipinski definition) is 3. The van der Waals surface area contributed by atoms with Crippen LogP contribution >= 0.6 is 0 Å². The molecule has 3 heterocycles. The summed E-state index contributed by atoms with van der Waals surface area (Å²) in [4.78, 5) is 64.3. The zero-order chi connectivity index (χ0) is 33.6. The average Bonchev–Trinajstić information content (AvgIpc) is 3.40. The topological polar surface area (TPSA) is 139 Å². The molecule has 4 amide bonds. The Morgan fingerprint density at radius 3 is 2.13 bits per heavy atom. The SMILES string of the molecule is CCCC.CCCCCC(=O)CC.COn1cc(C)c2ccccc21.O=C1CNC(=O)CNC(=O)[C@H]2CCCCN2C(=O)CN1. The number of benzene rings is 1. The van der Waals surface area contributed by atoms with Crippen LogP contribution in [0.2, 0.25) is 0 Å². The number of piperidine rings is 1. The van der Waals surface area contributed by atoms with E-state index in [4.69, 9.17) is 4.84 Å². The Balaban J connectivity index is 0.000000344. The van der Waals surface area contributed by atoms with Crippen molar-refractivity contribution in [3.8, 4) is 0 Å². The highest BCUT2D eigenvalue weighted by Crippen LogP contribution is 2.19. The summed E-state index contributed by atoms with van der Waals surface area (Å²) >= 11 is 0. The van der Waals surface area contributed by atoms with Crippen LogP contribution in [0.15, 0.2) is 30.5 Å². The van der Waals surface area contributed by atoms with Gasteiger partial charge in [-0.05, 0) is 44.2 Å². The summed E-state index contributed by atoms with van der Waals surface area (Å²) in [6, 6.07) is 7.64. The molecule has 0 saturated carbocycles. The second-order valence-electron chi connectivity index (χ2n) is 11.1. The Bertz CT molecular complexity index is 1170. The van der Waals surface area contributed by atoms with E-state index in [1.807, 2.05) is 31.3 Å². The Labute approximate surface area is 268 Å². The van der Waals surface area contributed by atoms with Gasteiger partial charge in [0, 0.05) is 31.0 Å². The van der Waals surface area contributed by atoms with Crippen molar-refractivity contribution in [3.63, 3.8) is 0 Å². The number of Topliss-reactive ketones (excluding diaryl/α,β-unsaturated/α-hetero) is 1. The second-order valence-corrected chi connectivity index (χ2v) is 11.1. The normalized spacial score (nSPS) is 16.8. The highest BCUT2D eigenvalue weighted by Gasteiger charge is 2.32. The minimum atomic E-state index is -0.555. The van der Waals surface area contributed by atoms with Crippen LogP contribution in [-0.2, 0) is 24.0 Å². The highest BCUT2D eigenvalue weighted by molar-refractivity contribution is 5.94. The van der Waals surface area contributed by atoms with E-state index in [2.05, 4.69) is 49.7 Å². The van der Waals surface area contributed by atoms with Crippen molar-refractivity contribution >= 4 is 40.3 Å². The van der Waals surface area contributed by atoms with Gasteiger partial charge in [-0.2, -0.15) is 4.73 Å². The van der Waals surface area contributed by atoms with Gasteiger partial charge in [0.1, 0.15) is 18.9 Å². The first kappa shape index (κ1) is 39.1. The lowest BCUT2D eigenvalue weighted by atomic mass is 10.0. The van der Waals surface area contributed by atoms with E-state index in [1.165, 1.54) is 41.5 Å². The Kier molecular flexibility index (Phi) is 19.6. The molecule has 11 heteroatoms. The average molecular weight is 630 g/mol. The third-order valence-corrected chi connectivity index (χ3v) is 7.46. The van der Waals surface area contributed by atoms with Crippen LogP contribution in [0.5, 0.6) is 0 Å². The lowest BCUT2D eigenvalue weighted by molar-refractivity contribution is -0.143. The van der Waals surface area contributed by atoms with Gasteiger partial charge >= 0.3 is 0 Å². The first-order valence-corrected chi connectivity index (χ1v) is 16.4. The minimum Gasteiger partial charge on any atom is -0.417 e. The summed E-state index contributed by atoms with van der Waals surface area (Å²) in [5, 5.41) is 8.57. The van der Waals surface area contributed by atoms with Gasteiger partial charge in [0.05, 0.1) is 25.2 Å². The Hall–Kier alpha value is -3.89. The van der Waals surface area contributed by atoms with E-state index in [1.54, 1.807) is 11.8 Å². The van der Waals surface area contributed by atoms with Gasteiger partial charge in [0.25, 0.3) is 0 Å². The minimum absolute atomic E-state index is 0.154. The molecule has 1 aromatic heterocycles. The number of amides is 4. The van der Waals surface area contributed by atoms with E-state index in [-0.39, 0.29) is 31.4 Å². The van der Waals surface area contributed by atoms with Crippen molar-refractivity contribution in [3.05, 3.63) is 36.0 Å². The zero-order valence-electron chi connectivity index (χ0n) is 28.2. The zero-order valence-corrected chi connectivity index (χ0v) is 28.2. The molecule has 3 N–H and O–H groups in total. The molecule has 2 fully saturated rings. The molecule has 1 atom stereocenters. The fourth-order valence-corrected chi connectivity index (χ4v) is 4.58. The Morgan fingerprint density at radius 1 is 0.867 bits per heavy atom. The van der Waals surface area contributed by atoms with Crippen LogP contribution in [-0.4, -0.2) is 78.4 Å². The van der Waals surface area contributed by atoms with Gasteiger partial charge in [0.2, 0.25) is 23.6 Å². The molecule has 45 heavy (non-hydrogen) atoms. The van der Waals surface area contributed by atoms with E-state index < -0.39 is 17.9 Å². The second kappa shape index (κ2) is 22.6. The largest absolute Gasteiger partial charge is 0.417 e. The number of unbranched alkanes of at least 4 members (excludes halogenated alkanes) is 3. The molecule has 4 rings (SSSR count). The molecule has 0 radical (unpaired) electrons. The number of hydrogen-bond acceptors (Lipinski definition) is 6. The number of fused-ring (bicyclic) bond motifs is 2. The summed E-state index contributed by atoms with van der Waals surface area (Å²) in [5.74, 6) is -1.04. The van der Waals surface area contributed by atoms with E-state index in [0.717, 1.165) is 31.2 Å². The summed E-state index contributed by atoms with van der Waals surface area (Å²) in [6.07, 6.45) is 11.9. The number of carbonyl (C=O) groups excluding carboxylic acids is 5. The summed E-state index contributed by atoms with van der Waals surface area (Å²) in [5.41, 5.74) is 2.37. The number of aromatic nitrogens is 1. The third kappa shape index (κ3) is 14.6. The summed E-state index contributed by atoms with van der Waals surface area (Å²) in [7, 11) is 1.67. The van der Waals surface area contributed by atoms with E-state index >= 15 is 0 Å². The van der Waals surface area contributed by atoms with Gasteiger partial charge in [0.15, 0.2) is 0 Å². The number of rotatable bonds is 7. The summed E-state index contributed by atoms with van der Waals surface area (Å²) < 4.78 is 1.78. The van der Waals surface area contributed by atoms with Gasteiger partial charge < -0.3 is 25.7 Å². The molecular weight excluding hydrogens is 574 g/mol. The third-order valence-electron chi connectivity index (χ3n) is 7.46. The lowest BCUT2D eigenvalue weighted by Gasteiger charge is -2.35. The predicted molar refractivity (Wildman–Crippen MR) is 178 cm³/mol. The summed E-state index contributed by atoms with van der Waals surface area (Å²) in [6.45, 7) is 10.5. The number of nitrogens with zero attached hydrogens (tertiary/aromatic N) is 2. The maximum absolute atomic E-state index is 12.1. The number of carbonyl (C=O) groups is 5. The van der Waals surface area contributed by atoms with Gasteiger partial charge in [-0.3, -0.25) is 24.0 Å². The van der Waals surface area contributed by atoms with E-state index in [0.29, 0.717) is 25.2 Å². The number of nitrogens with one attached hydrogen (secondary N) is 3. The van der Waals surface area contributed by atoms with Crippen molar-refractivity contribution in [2.75, 3.05) is 33.3 Å². The van der Waals surface area contributed by atoms with Crippen molar-refractivity contribution in [1.82, 2.24) is 25.6 Å². The molecule has 2 aromatic rings.